The van der Waals surface area contributed by atoms with Crippen molar-refractivity contribution in [2.75, 3.05) is 7.11 Å². The molecule has 2 rings (SSSR count). The first-order valence-corrected chi connectivity index (χ1v) is 8.20. The number of ether oxygens (including phenoxy) is 2. The molecule has 2 unspecified atom stereocenters. The molecule has 2 aromatic rings. The van der Waals surface area contributed by atoms with Gasteiger partial charge in [0.05, 0.1) is 7.11 Å². The van der Waals surface area contributed by atoms with Gasteiger partial charge in [0, 0.05) is 10.9 Å². The number of aryl methyl sites for hydroxylation is 1. The fourth-order valence-corrected chi connectivity index (χ4v) is 3.02. The van der Waals surface area contributed by atoms with E-state index in [1.165, 1.54) is 5.56 Å². The van der Waals surface area contributed by atoms with Crippen molar-refractivity contribution in [2.24, 2.45) is 5.73 Å². The van der Waals surface area contributed by atoms with Crippen LogP contribution in [-0.4, -0.2) is 13.2 Å². The maximum absolute atomic E-state index is 6.24. The van der Waals surface area contributed by atoms with Crippen LogP contribution in [-0.2, 0) is 6.42 Å². The minimum Gasteiger partial charge on any atom is -0.493 e. The molecule has 0 saturated heterocycles. The summed E-state index contributed by atoms with van der Waals surface area (Å²) in [5.74, 6) is 1.51. The highest BCUT2D eigenvalue weighted by Gasteiger charge is 2.23. The van der Waals surface area contributed by atoms with Gasteiger partial charge >= 0.3 is 0 Å². The fraction of sp³-hybridized carbons (Fsp3) is 0.412. The summed E-state index contributed by atoms with van der Waals surface area (Å²) in [5, 5.41) is 2.05. The molecule has 0 bridgehead atoms. The molecule has 114 valence electrons. The Kier molecular flexibility index (Phi) is 5.65. The van der Waals surface area contributed by atoms with Crippen molar-refractivity contribution in [3.8, 4) is 11.5 Å². The first-order valence-electron chi connectivity index (χ1n) is 7.32. The van der Waals surface area contributed by atoms with E-state index in [0.29, 0.717) is 0 Å². The third-order valence-corrected chi connectivity index (χ3v) is 4.51. The second kappa shape index (κ2) is 7.48. The van der Waals surface area contributed by atoms with Crippen LogP contribution in [0.5, 0.6) is 11.5 Å². The average Bonchev–Trinajstić information content (AvgIpc) is 3.05. The average molecular weight is 305 g/mol. The van der Waals surface area contributed by atoms with Gasteiger partial charge in [-0.15, -0.1) is 11.3 Å². The highest BCUT2D eigenvalue weighted by atomic mass is 32.1. The smallest absolute Gasteiger partial charge is 0.162 e. The van der Waals surface area contributed by atoms with Crippen LogP contribution in [0.1, 0.15) is 36.8 Å². The predicted octanol–water partition coefficient (Wildman–Crippen LogP) is 4.18. The number of rotatable bonds is 7. The quantitative estimate of drug-likeness (QED) is 0.834. The summed E-state index contributed by atoms with van der Waals surface area (Å²) in [5.41, 5.74) is 7.47. The number of nitrogens with two attached hydrogens (primary N) is 1. The Balaban J connectivity index is 2.28. The minimum atomic E-state index is -0.142. The molecule has 1 aromatic carbocycles. The van der Waals surface area contributed by atoms with Crippen LogP contribution >= 0.6 is 11.3 Å². The van der Waals surface area contributed by atoms with Gasteiger partial charge in [-0.1, -0.05) is 26.0 Å². The predicted molar refractivity (Wildman–Crippen MR) is 88.3 cm³/mol. The molecule has 4 heteroatoms. The van der Waals surface area contributed by atoms with Crippen LogP contribution in [0, 0.1) is 0 Å². The van der Waals surface area contributed by atoms with Crippen LogP contribution in [0.2, 0.25) is 0 Å². The maximum Gasteiger partial charge on any atom is 0.162 e. The molecular formula is C17H23NO2S. The van der Waals surface area contributed by atoms with E-state index < -0.39 is 0 Å². The Morgan fingerprint density at radius 2 is 2.00 bits per heavy atom. The van der Waals surface area contributed by atoms with Gasteiger partial charge in [-0.05, 0) is 42.0 Å². The molecule has 0 aliphatic heterocycles. The number of hydrogen-bond acceptors (Lipinski definition) is 4. The largest absolute Gasteiger partial charge is 0.493 e. The van der Waals surface area contributed by atoms with Gasteiger partial charge in [-0.3, -0.25) is 0 Å². The summed E-state index contributed by atoms with van der Waals surface area (Å²) in [4.78, 5) is 1.14. The highest BCUT2D eigenvalue weighted by Crippen LogP contribution is 2.35. The number of hydrogen-bond donors (Lipinski definition) is 1. The molecule has 0 saturated carbocycles. The number of thiophene rings is 1. The van der Waals surface area contributed by atoms with Crippen molar-refractivity contribution in [3.63, 3.8) is 0 Å². The van der Waals surface area contributed by atoms with Crippen molar-refractivity contribution in [1.29, 1.82) is 0 Å². The van der Waals surface area contributed by atoms with Gasteiger partial charge in [-0.25, -0.2) is 0 Å². The summed E-state index contributed by atoms with van der Waals surface area (Å²) < 4.78 is 11.7. The zero-order valence-electron chi connectivity index (χ0n) is 12.8. The van der Waals surface area contributed by atoms with Crippen LogP contribution < -0.4 is 15.2 Å². The molecule has 1 aromatic heterocycles. The summed E-state index contributed by atoms with van der Waals surface area (Å²) in [6.45, 7) is 4.20. The summed E-state index contributed by atoms with van der Waals surface area (Å²) >= 11 is 1.67. The van der Waals surface area contributed by atoms with Gasteiger partial charge in [0.2, 0.25) is 0 Å². The summed E-state index contributed by atoms with van der Waals surface area (Å²) in [7, 11) is 1.67. The van der Waals surface area contributed by atoms with Gasteiger partial charge in [-0.2, -0.15) is 0 Å². The minimum absolute atomic E-state index is 0.0424. The van der Waals surface area contributed by atoms with Crippen LogP contribution in [0.25, 0.3) is 0 Å². The Hall–Kier alpha value is -1.52. The third kappa shape index (κ3) is 3.77. The molecule has 21 heavy (non-hydrogen) atoms. The molecule has 0 spiro atoms. The Morgan fingerprint density at radius 1 is 1.19 bits per heavy atom. The molecule has 0 aliphatic carbocycles. The lowest BCUT2D eigenvalue weighted by Gasteiger charge is -2.24. The number of methoxy groups -OCH3 is 1. The van der Waals surface area contributed by atoms with Crippen LogP contribution in [0.15, 0.2) is 35.7 Å². The van der Waals surface area contributed by atoms with E-state index in [2.05, 4.69) is 26.0 Å². The van der Waals surface area contributed by atoms with Crippen molar-refractivity contribution in [2.45, 2.75) is 38.8 Å². The second-order valence-corrected chi connectivity index (χ2v) is 5.94. The van der Waals surface area contributed by atoms with E-state index in [4.69, 9.17) is 15.2 Å². The number of benzene rings is 1. The molecule has 0 radical (unpaired) electrons. The topological polar surface area (TPSA) is 44.5 Å². The molecule has 0 fully saturated rings. The van der Waals surface area contributed by atoms with Crippen molar-refractivity contribution >= 4 is 11.3 Å². The Morgan fingerprint density at radius 3 is 2.57 bits per heavy atom. The second-order valence-electron chi connectivity index (χ2n) is 4.96. The standard InChI is InChI=1S/C17H23NO2S/c1-4-12-8-9-14(15(11-12)19-3)20-17(13(18)5-2)16-7-6-10-21-16/h6-11,13,17H,4-5,18H2,1-3H3. The summed E-state index contributed by atoms with van der Waals surface area (Å²) in [6.07, 6.45) is 1.69. The normalized spacial score (nSPS) is 13.7. The molecule has 3 nitrogen and oxygen atoms in total. The van der Waals surface area contributed by atoms with Crippen molar-refractivity contribution in [1.82, 2.24) is 0 Å². The maximum atomic E-state index is 6.24. The van der Waals surface area contributed by atoms with E-state index in [9.17, 15) is 0 Å². The van der Waals surface area contributed by atoms with Gasteiger partial charge in [0.1, 0.15) is 6.10 Å². The van der Waals surface area contributed by atoms with Gasteiger partial charge < -0.3 is 15.2 Å². The Labute approximate surface area is 130 Å². The Bertz CT molecular complexity index is 554. The van der Waals surface area contributed by atoms with Crippen molar-refractivity contribution in [3.05, 3.63) is 46.2 Å². The van der Waals surface area contributed by atoms with E-state index >= 15 is 0 Å². The van der Waals surface area contributed by atoms with E-state index in [1.807, 2.05) is 23.6 Å². The molecule has 0 aliphatic rings. The fourth-order valence-electron chi connectivity index (χ4n) is 2.19. The zero-order valence-corrected chi connectivity index (χ0v) is 13.7. The lowest BCUT2D eigenvalue weighted by molar-refractivity contribution is 0.168. The van der Waals surface area contributed by atoms with Crippen LogP contribution in [0.3, 0.4) is 0 Å². The molecule has 2 atom stereocenters. The van der Waals surface area contributed by atoms with E-state index in [-0.39, 0.29) is 12.1 Å². The van der Waals surface area contributed by atoms with Crippen LogP contribution in [0.4, 0.5) is 0 Å². The van der Waals surface area contributed by atoms with Gasteiger partial charge in [0.15, 0.2) is 11.5 Å². The molecule has 0 amide bonds. The zero-order chi connectivity index (χ0) is 15.2. The summed E-state index contributed by atoms with van der Waals surface area (Å²) in [6, 6.07) is 10.1. The third-order valence-electron chi connectivity index (χ3n) is 3.57. The van der Waals surface area contributed by atoms with E-state index in [0.717, 1.165) is 29.2 Å². The lowest BCUT2D eigenvalue weighted by atomic mass is 10.1. The first kappa shape index (κ1) is 15.9. The molecular weight excluding hydrogens is 282 g/mol. The highest BCUT2D eigenvalue weighted by molar-refractivity contribution is 7.10. The SMILES string of the molecule is CCc1ccc(OC(c2cccs2)C(N)CC)c(OC)c1. The molecule has 2 N–H and O–H groups in total. The monoisotopic (exact) mass is 305 g/mol. The molecule has 1 heterocycles. The van der Waals surface area contributed by atoms with Gasteiger partial charge in [0.25, 0.3) is 0 Å². The first-order chi connectivity index (χ1) is 10.2. The van der Waals surface area contributed by atoms with E-state index in [1.54, 1.807) is 18.4 Å². The lowest BCUT2D eigenvalue weighted by Crippen LogP contribution is -2.31. The van der Waals surface area contributed by atoms with Crippen molar-refractivity contribution < 1.29 is 9.47 Å².